The lowest BCUT2D eigenvalue weighted by Gasteiger charge is -2.09. The Kier molecular flexibility index (Phi) is 4.39. The van der Waals surface area contributed by atoms with Gasteiger partial charge >= 0.3 is 5.63 Å². The Bertz CT molecular complexity index is 1480. The van der Waals surface area contributed by atoms with Gasteiger partial charge in [-0.2, -0.15) is 0 Å². The Morgan fingerprint density at radius 2 is 1.71 bits per heavy atom. The van der Waals surface area contributed by atoms with Crippen LogP contribution in [0, 0.1) is 13.8 Å². The fourth-order valence-corrected chi connectivity index (χ4v) is 3.87. The van der Waals surface area contributed by atoms with E-state index in [-0.39, 0.29) is 12.3 Å². The van der Waals surface area contributed by atoms with Gasteiger partial charge in [0.15, 0.2) is 0 Å². The van der Waals surface area contributed by atoms with Crippen molar-refractivity contribution in [2.45, 2.75) is 20.3 Å². The van der Waals surface area contributed by atoms with Gasteiger partial charge in [-0.05, 0) is 31.0 Å². The highest BCUT2D eigenvalue weighted by Gasteiger charge is 2.19. The molecule has 1 amide bonds. The maximum absolute atomic E-state index is 12.6. The number of nitrogens with zero attached hydrogens (tertiary/aromatic N) is 3. The van der Waals surface area contributed by atoms with E-state index in [1.165, 1.54) is 17.3 Å². The number of furan rings is 1. The van der Waals surface area contributed by atoms with E-state index in [4.69, 9.17) is 8.83 Å². The van der Waals surface area contributed by atoms with Crippen LogP contribution >= 0.6 is 0 Å². The van der Waals surface area contributed by atoms with Crippen molar-refractivity contribution in [1.29, 1.82) is 0 Å². The van der Waals surface area contributed by atoms with E-state index >= 15 is 0 Å². The van der Waals surface area contributed by atoms with E-state index in [1.807, 2.05) is 50.2 Å². The van der Waals surface area contributed by atoms with Crippen LogP contribution in [0.15, 0.2) is 68.7 Å². The number of benzene rings is 2. The number of hydrogen-bond acceptors (Lipinski definition) is 6. The molecule has 2 aromatic carbocycles. The van der Waals surface area contributed by atoms with Crippen molar-refractivity contribution in [2.24, 2.45) is 0 Å². The molecule has 1 N–H and O–H groups in total. The molecule has 0 aliphatic carbocycles. The number of carbonyl (C=O) groups is 1. The summed E-state index contributed by atoms with van der Waals surface area (Å²) in [6.07, 6.45) is 2.59. The molecule has 0 saturated heterocycles. The minimum atomic E-state index is -0.546. The van der Waals surface area contributed by atoms with Crippen LogP contribution in [-0.4, -0.2) is 20.8 Å². The van der Waals surface area contributed by atoms with Crippen molar-refractivity contribution in [3.63, 3.8) is 0 Å². The molecule has 5 aromatic rings. The van der Waals surface area contributed by atoms with Crippen LogP contribution < -0.4 is 11.1 Å². The van der Waals surface area contributed by atoms with Crippen LogP contribution in [0.3, 0.4) is 0 Å². The Balaban J connectivity index is 1.63. The predicted molar refractivity (Wildman–Crippen MR) is 115 cm³/mol. The first kappa shape index (κ1) is 18.8. The lowest BCUT2D eigenvalue weighted by atomic mass is 9.98. The van der Waals surface area contributed by atoms with E-state index in [1.54, 1.807) is 6.07 Å². The van der Waals surface area contributed by atoms with Crippen molar-refractivity contribution in [2.75, 3.05) is 5.43 Å². The molecule has 0 aliphatic rings. The molecule has 0 radical (unpaired) electrons. The summed E-state index contributed by atoms with van der Waals surface area (Å²) < 4.78 is 12.8. The number of hydrogen-bond donors (Lipinski definition) is 1. The fraction of sp³-hybridized carbons (Fsp3) is 0.130. The number of aromatic nitrogens is 3. The highest BCUT2D eigenvalue weighted by molar-refractivity contribution is 6.03. The number of amides is 1. The van der Waals surface area contributed by atoms with Crippen molar-refractivity contribution in [3.05, 3.63) is 82.4 Å². The van der Waals surface area contributed by atoms with Gasteiger partial charge in [0.25, 0.3) is 0 Å². The number of fused-ring (bicyclic) bond motifs is 2. The third kappa shape index (κ3) is 3.28. The number of nitrogens with one attached hydrogen (secondary N) is 1. The lowest BCUT2D eigenvalue weighted by molar-refractivity contribution is -0.116. The molecule has 0 aliphatic heterocycles. The SMILES string of the molecule is Cc1oc2cc3oc(=O)c(CC(=O)Nn4cnnc4)c(C)c3cc2c1-c1ccccc1. The third-order valence-electron chi connectivity index (χ3n) is 5.34. The number of carbonyl (C=O) groups excluding carboxylic acids is 1. The average molecular weight is 414 g/mol. The van der Waals surface area contributed by atoms with Crippen molar-refractivity contribution in [1.82, 2.24) is 14.9 Å². The minimum Gasteiger partial charge on any atom is -0.461 e. The summed E-state index contributed by atoms with van der Waals surface area (Å²) in [5.41, 5.74) is 6.15. The fourth-order valence-electron chi connectivity index (χ4n) is 3.87. The van der Waals surface area contributed by atoms with E-state index < -0.39 is 5.63 Å². The van der Waals surface area contributed by atoms with Gasteiger partial charge in [-0.15, -0.1) is 10.2 Å². The zero-order valence-corrected chi connectivity index (χ0v) is 16.9. The lowest BCUT2D eigenvalue weighted by Crippen LogP contribution is -2.26. The molecule has 31 heavy (non-hydrogen) atoms. The van der Waals surface area contributed by atoms with Gasteiger partial charge < -0.3 is 8.83 Å². The van der Waals surface area contributed by atoms with Crippen LogP contribution in [0.25, 0.3) is 33.1 Å². The Morgan fingerprint density at radius 3 is 2.45 bits per heavy atom. The maximum Gasteiger partial charge on any atom is 0.340 e. The van der Waals surface area contributed by atoms with Crippen LogP contribution in [0.4, 0.5) is 0 Å². The second kappa shape index (κ2) is 7.24. The standard InChI is InChI=1S/C23H18N4O4/c1-13-16-8-18-20(30-14(2)22(18)15-6-4-3-5-7-15)10-19(16)31-23(29)17(13)9-21(28)26-27-11-24-25-12-27/h3-8,10-12H,9H2,1-2H3,(H,26,28). The monoisotopic (exact) mass is 414 g/mol. The van der Waals surface area contributed by atoms with Crippen LogP contribution in [0.2, 0.25) is 0 Å². The first-order valence-corrected chi connectivity index (χ1v) is 9.70. The quantitative estimate of drug-likeness (QED) is 0.450. The molecule has 0 spiro atoms. The van der Waals surface area contributed by atoms with E-state index in [2.05, 4.69) is 15.6 Å². The molecular formula is C23H18N4O4. The van der Waals surface area contributed by atoms with Gasteiger partial charge in [0.2, 0.25) is 5.91 Å². The zero-order valence-electron chi connectivity index (χ0n) is 16.9. The summed E-state index contributed by atoms with van der Waals surface area (Å²) in [4.78, 5) is 25.0. The molecule has 8 nitrogen and oxygen atoms in total. The van der Waals surface area contributed by atoms with E-state index in [0.29, 0.717) is 22.3 Å². The van der Waals surface area contributed by atoms with Gasteiger partial charge in [0.05, 0.1) is 12.0 Å². The normalized spacial score (nSPS) is 11.3. The van der Waals surface area contributed by atoms with Gasteiger partial charge in [-0.3, -0.25) is 10.2 Å². The summed E-state index contributed by atoms with van der Waals surface area (Å²) in [6, 6.07) is 13.7. The van der Waals surface area contributed by atoms with Gasteiger partial charge in [-0.25, -0.2) is 9.47 Å². The first-order chi connectivity index (χ1) is 15.0. The minimum absolute atomic E-state index is 0.129. The Hall–Kier alpha value is -4.20. The Labute approximate surface area is 176 Å². The molecule has 0 unspecified atom stereocenters. The molecular weight excluding hydrogens is 396 g/mol. The molecule has 0 fully saturated rings. The highest BCUT2D eigenvalue weighted by atomic mass is 16.4. The molecule has 0 saturated carbocycles. The van der Waals surface area contributed by atoms with Crippen LogP contribution in [0.5, 0.6) is 0 Å². The second-order valence-corrected chi connectivity index (χ2v) is 7.32. The van der Waals surface area contributed by atoms with Crippen molar-refractivity contribution >= 4 is 27.8 Å². The molecule has 3 heterocycles. The molecule has 154 valence electrons. The third-order valence-corrected chi connectivity index (χ3v) is 5.34. The summed E-state index contributed by atoms with van der Waals surface area (Å²) in [5, 5.41) is 8.95. The Morgan fingerprint density at radius 1 is 1.00 bits per heavy atom. The van der Waals surface area contributed by atoms with Gasteiger partial charge in [0.1, 0.15) is 29.6 Å². The largest absolute Gasteiger partial charge is 0.461 e. The smallest absolute Gasteiger partial charge is 0.340 e. The second-order valence-electron chi connectivity index (χ2n) is 7.32. The van der Waals surface area contributed by atoms with Crippen molar-refractivity contribution < 1.29 is 13.6 Å². The molecule has 0 atom stereocenters. The van der Waals surface area contributed by atoms with E-state index in [9.17, 15) is 9.59 Å². The number of rotatable bonds is 4. The molecule has 5 rings (SSSR count). The summed E-state index contributed by atoms with van der Waals surface area (Å²) >= 11 is 0. The highest BCUT2D eigenvalue weighted by Crippen LogP contribution is 2.37. The summed E-state index contributed by atoms with van der Waals surface area (Å²) in [5.74, 6) is 0.407. The molecule has 8 heteroatoms. The average Bonchev–Trinajstić information content (AvgIpc) is 3.37. The predicted octanol–water partition coefficient (Wildman–Crippen LogP) is 3.73. The van der Waals surface area contributed by atoms with Crippen LogP contribution in [-0.2, 0) is 11.2 Å². The summed E-state index contributed by atoms with van der Waals surface area (Å²) in [6.45, 7) is 3.73. The zero-order chi connectivity index (χ0) is 21.5. The first-order valence-electron chi connectivity index (χ1n) is 9.70. The molecule has 3 aromatic heterocycles. The molecule has 0 bridgehead atoms. The van der Waals surface area contributed by atoms with E-state index in [0.717, 1.165) is 27.7 Å². The van der Waals surface area contributed by atoms with Crippen LogP contribution in [0.1, 0.15) is 16.9 Å². The maximum atomic E-state index is 12.6. The summed E-state index contributed by atoms with van der Waals surface area (Å²) in [7, 11) is 0. The van der Waals surface area contributed by atoms with Gasteiger partial charge in [-0.1, -0.05) is 30.3 Å². The van der Waals surface area contributed by atoms with Gasteiger partial charge in [0, 0.05) is 22.4 Å². The topological polar surface area (TPSA) is 103 Å². The van der Waals surface area contributed by atoms with Crippen molar-refractivity contribution in [3.8, 4) is 11.1 Å². The number of aryl methyl sites for hydroxylation is 2.